The molecule has 2 aromatic rings. The average Bonchev–Trinajstić information content (AvgIpc) is 3.31. The largest absolute Gasteiger partial charge is 0.379 e. The first-order chi connectivity index (χ1) is 13.1. The fraction of sp³-hybridized carbons (Fsp3) is 0.650. The Morgan fingerprint density at radius 3 is 2.78 bits per heavy atom. The molecule has 4 rings (SSSR count). The molecule has 0 N–H and O–H groups in total. The number of hydrogen-bond acceptors (Lipinski definition) is 7. The van der Waals surface area contributed by atoms with Gasteiger partial charge in [0.15, 0.2) is 0 Å². The molecule has 27 heavy (non-hydrogen) atoms. The Morgan fingerprint density at radius 1 is 1.15 bits per heavy atom. The molecule has 146 valence electrons. The van der Waals surface area contributed by atoms with Crippen molar-refractivity contribution < 1.29 is 9.26 Å². The van der Waals surface area contributed by atoms with Crippen molar-refractivity contribution in [3.63, 3.8) is 0 Å². The maximum absolute atomic E-state index is 5.63. The fourth-order valence-electron chi connectivity index (χ4n) is 4.23. The van der Waals surface area contributed by atoms with Crippen LogP contribution in [0, 0.1) is 5.41 Å². The van der Waals surface area contributed by atoms with Crippen LogP contribution in [0.4, 0.5) is 0 Å². The topological polar surface area (TPSA) is 67.5 Å². The Labute approximate surface area is 160 Å². The molecule has 1 atom stereocenters. The zero-order chi connectivity index (χ0) is 18.7. The first kappa shape index (κ1) is 18.5. The number of likely N-dealkylation sites (tertiary alicyclic amines) is 1. The molecular formula is C20H29N5O2. The number of ether oxygens (including phenoxy) is 1. The second-order valence-corrected chi connectivity index (χ2v) is 8.35. The summed E-state index contributed by atoms with van der Waals surface area (Å²) >= 11 is 0. The summed E-state index contributed by atoms with van der Waals surface area (Å²) in [7, 11) is 0. The van der Waals surface area contributed by atoms with Crippen LogP contribution in [0.15, 0.2) is 28.9 Å². The molecule has 7 nitrogen and oxygen atoms in total. The third-order valence-electron chi connectivity index (χ3n) is 5.37. The van der Waals surface area contributed by atoms with Crippen LogP contribution in [0.3, 0.4) is 0 Å². The van der Waals surface area contributed by atoms with Gasteiger partial charge in [0.1, 0.15) is 5.69 Å². The minimum absolute atomic E-state index is 0.198. The molecule has 0 aromatic carbocycles. The Balaban J connectivity index is 1.42. The van der Waals surface area contributed by atoms with E-state index in [1.807, 2.05) is 18.2 Å². The predicted octanol–water partition coefficient (Wildman–Crippen LogP) is 2.63. The van der Waals surface area contributed by atoms with Crippen molar-refractivity contribution in [1.82, 2.24) is 24.9 Å². The quantitative estimate of drug-likeness (QED) is 0.773. The van der Waals surface area contributed by atoms with Gasteiger partial charge in [-0.05, 0) is 36.9 Å². The van der Waals surface area contributed by atoms with Gasteiger partial charge in [-0.25, -0.2) is 0 Å². The molecule has 7 heteroatoms. The van der Waals surface area contributed by atoms with E-state index in [1.165, 1.54) is 6.42 Å². The maximum Gasteiger partial charge on any atom is 0.244 e. The molecule has 2 fully saturated rings. The molecule has 0 amide bonds. The second kappa shape index (κ2) is 8.04. The van der Waals surface area contributed by atoms with E-state index in [0.29, 0.717) is 5.82 Å². The number of pyridine rings is 1. The summed E-state index contributed by atoms with van der Waals surface area (Å²) in [6, 6.07) is 5.94. The number of morpholine rings is 1. The summed E-state index contributed by atoms with van der Waals surface area (Å²) in [4.78, 5) is 14.0. The molecule has 0 saturated carbocycles. The molecule has 4 heterocycles. The summed E-state index contributed by atoms with van der Waals surface area (Å²) in [5.41, 5.74) is 0.953. The second-order valence-electron chi connectivity index (χ2n) is 8.35. The number of nitrogens with zero attached hydrogens (tertiary/aromatic N) is 5. The summed E-state index contributed by atoms with van der Waals surface area (Å²) in [5.74, 6) is 1.29. The van der Waals surface area contributed by atoms with Gasteiger partial charge in [0.05, 0.1) is 19.3 Å². The van der Waals surface area contributed by atoms with Crippen LogP contribution in [-0.4, -0.2) is 70.9 Å². The molecule has 0 radical (unpaired) electrons. The van der Waals surface area contributed by atoms with Gasteiger partial charge >= 0.3 is 0 Å². The summed E-state index contributed by atoms with van der Waals surface area (Å²) in [5, 5.41) is 4.16. The molecule has 0 spiro atoms. The lowest BCUT2D eigenvalue weighted by Gasteiger charge is -2.38. The van der Waals surface area contributed by atoms with E-state index in [4.69, 9.17) is 9.26 Å². The van der Waals surface area contributed by atoms with Crippen LogP contribution < -0.4 is 0 Å². The highest BCUT2D eigenvalue weighted by Gasteiger charge is 2.35. The van der Waals surface area contributed by atoms with Crippen molar-refractivity contribution in [2.75, 3.05) is 45.9 Å². The molecule has 2 aromatic heterocycles. The van der Waals surface area contributed by atoms with Gasteiger partial charge < -0.3 is 9.26 Å². The molecule has 2 aliphatic rings. The van der Waals surface area contributed by atoms with Crippen LogP contribution in [0.25, 0.3) is 11.5 Å². The van der Waals surface area contributed by atoms with Crippen LogP contribution >= 0.6 is 0 Å². The average molecular weight is 371 g/mol. The first-order valence-electron chi connectivity index (χ1n) is 9.90. The highest BCUT2D eigenvalue weighted by molar-refractivity contribution is 5.47. The Hall–Kier alpha value is -1.83. The van der Waals surface area contributed by atoms with Gasteiger partial charge in [0.25, 0.3) is 0 Å². The fourth-order valence-corrected chi connectivity index (χ4v) is 4.23. The molecule has 0 aliphatic carbocycles. The first-order valence-corrected chi connectivity index (χ1v) is 9.90. The summed E-state index contributed by atoms with van der Waals surface area (Å²) in [6.45, 7) is 11.7. The van der Waals surface area contributed by atoms with Gasteiger partial charge in [0, 0.05) is 32.4 Å². The molecule has 0 bridgehead atoms. The van der Waals surface area contributed by atoms with Crippen LogP contribution in [0.5, 0.6) is 0 Å². The van der Waals surface area contributed by atoms with Crippen molar-refractivity contribution >= 4 is 0 Å². The Bertz CT molecular complexity index is 727. The third kappa shape index (κ3) is 4.54. The zero-order valence-electron chi connectivity index (χ0n) is 16.3. The van der Waals surface area contributed by atoms with Gasteiger partial charge in [-0.1, -0.05) is 25.1 Å². The Kier molecular flexibility index (Phi) is 5.52. The lowest BCUT2D eigenvalue weighted by molar-refractivity contribution is 0.0133. The van der Waals surface area contributed by atoms with E-state index in [1.54, 1.807) is 6.20 Å². The van der Waals surface area contributed by atoms with E-state index >= 15 is 0 Å². The normalized spacial score (nSPS) is 22.4. The number of aromatic nitrogens is 3. The predicted molar refractivity (Wildman–Crippen MR) is 102 cm³/mol. The van der Waals surface area contributed by atoms with Gasteiger partial charge in [-0.2, -0.15) is 4.98 Å². The smallest absolute Gasteiger partial charge is 0.244 e. The van der Waals surface area contributed by atoms with Gasteiger partial charge in [-0.3, -0.25) is 14.8 Å². The monoisotopic (exact) mass is 371 g/mol. The van der Waals surface area contributed by atoms with Crippen molar-refractivity contribution in [3.8, 4) is 11.5 Å². The molecule has 0 unspecified atom stereocenters. The van der Waals surface area contributed by atoms with Crippen molar-refractivity contribution in [2.24, 2.45) is 5.41 Å². The van der Waals surface area contributed by atoms with E-state index in [9.17, 15) is 0 Å². The summed E-state index contributed by atoms with van der Waals surface area (Å²) in [6.07, 6.45) is 3.98. The van der Waals surface area contributed by atoms with Crippen LogP contribution in [0.1, 0.15) is 38.6 Å². The number of rotatable bonds is 6. The van der Waals surface area contributed by atoms with E-state index < -0.39 is 0 Å². The zero-order valence-corrected chi connectivity index (χ0v) is 16.3. The van der Waals surface area contributed by atoms with Crippen molar-refractivity contribution in [1.29, 1.82) is 0 Å². The molecule has 2 saturated heterocycles. The van der Waals surface area contributed by atoms with Crippen LogP contribution in [0.2, 0.25) is 0 Å². The maximum atomic E-state index is 5.63. The highest BCUT2D eigenvalue weighted by Crippen LogP contribution is 2.34. The summed E-state index contributed by atoms with van der Waals surface area (Å²) < 4.78 is 11.1. The standard InChI is InChI=1S/C20H29N5O2/c1-20(2,14-24-10-12-26-13-11-24)15-25-9-5-7-17(25)19-22-18(23-27-19)16-6-3-4-8-21-16/h3-4,6,8,17H,5,7,9-15H2,1-2H3/t17-/m1/s1. The third-order valence-corrected chi connectivity index (χ3v) is 5.37. The molecule has 2 aliphatic heterocycles. The SMILES string of the molecule is CC(C)(CN1CCOCC1)CN1CCC[C@@H]1c1nc(-c2ccccn2)no1. The molecular weight excluding hydrogens is 342 g/mol. The lowest BCUT2D eigenvalue weighted by Crippen LogP contribution is -2.46. The minimum atomic E-state index is 0.198. The van der Waals surface area contributed by atoms with Gasteiger partial charge in [-0.15, -0.1) is 0 Å². The number of hydrogen-bond donors (Lipinski definition) is 0. The van der Waals surface area contributed by atoms with Crippen molar-refractivity contribution in [3.05, 3.63) is 30.3 Å². The van der Waals surface area contributed by atoms with E-state index in [2.05, 4.69) is 38.8 Å². The van der Waals surface area contributed by atoms with Crippen LogP contribution in [-0.2, 0) is 4.74 Å². The minimum Gasteiger partial charge on any atom is -0.379 e. The van der Waals surface area contributed by atoms with E-state index in [0.717, 1.165) is 63.9 Å². The highest BCUT2D eigenvalue weighted by atomic mass is 16.5. The lowest BCUT2D eigenvalue weighted by atomic mass is 9.91. The van der Waals surface area contributed by atoms with Crippen molar-refractivity contribution in [2.45, 2.75) is 32.7 Å². The Morgan fingerprint density at radius 2 is 2.00 bits per heavy atom. The van der Waals surface area contributed by atoms with E-state index in [-0.39, 0.29) is 11.5 Å². The van der Waals surface area contributed by atoms with Gasteiger partial charge in [0.2, 0.25) is 11.7 Å².